The third-order valence-corrected chi connectivity index (χ3v) is 2.68. The summed E-state index contributed by atoms with van der Waals surface area (Å²) in [5, 5.41) is 3.99. The van der Waals surface area contributed by atoms with E-state index < -0.39 is 5.97 Å². The van der Waals surface area contributed by atoms with Crippen LogP contribution in [0.5, 0.6) is 0 Å². The van der Waals surface area contributed by atoms with Crippen LogP contribution in [0.2, 0.25) is 0 Å². The third kappa shape index (κ3) is 2.88. The molecule has 5 nitrogen and oxygen atoms in total. The predicted octanol–water partition coefficient (Wildman–Crippen LogP) is 2.66. The van der Waals surface area contributed by atoms with Gasteiger partial charge in [0.15, 0.2) is 5.76 Å². The summed E-state index contributed by atoms with van der Waals surface area (Å²) in [7, 11) is 5.09. The summed E-state index contributed by atoms with van der Waals surface area (Å²) in [6.07, 6.45) is 3.47. The maximum Gasteiger partial charge on any atom is 0.344 e. The molecular weight excluding hydrogens is 256 g/mol. The number of benzene rings is 1. The predicted molar refractivity (Wildman–Crippen MR) is 76.0 cm³/mol. The molecule has 104 valence electrons. The maximum absolute atomic E-state index is 12.0. The zero-order valence-corrected chi connectivity index (χ0v) is 11.7. The molecule has 0 unspecified atom stereocenters. The number of rotatable bonds is 4. The van der Waals surface area contributed by atoms with Crippen molar-refractivity contribution in [1.82, 2.24) is 10.1 Å². The number of carbonyl (C=O) groups is 1. The first-order chi connectivity index (χ1) is 9.63. The van der Waals surface area contributed by atoms with Gasteiger partial charge in [-0.15, -0.1) is 0 Å². The normalized spacial score (nSPS) is 10.8. The Kier molecular flexibility index (Phi) is 4.20. The van der Waals surface area contributed by atoms with Crippen molar-refractivity contribution in [2.24, 2.45) is 0 Å². The summed E-state index contributed by atoms with van der Waals surface area (Å²) in [5.41, 5.74) is 1.62. The minimum absolute atomic E-state index is 0.330. The Bertz CT molecular complexity index is 615. The minimum Gasteiger partial charge on any atom is -0.465 e. The van der Waals surface area contributed by atoms with Crippen LogP contribution in [0.15, 0.2) is 41.1 Å². The summed E-state index contributed by atoms with van der Waals surface area (Å²) >= 11 is 0. The molecule has 0 N–H and O–H groups in total. The molecule has 0 aliphatic heterocycles. The molecule has 5 heteroatoms. The van der Waals surface area contributed by atoms with E-state index in [1.54, 1.807) is 12.3 Å². The Labute approximate surface area is 117 Å². The van der Waals surface area contributed by atoms with Crippen molar-refractivity contribution in [1.29, 1.82) is 0 Å². The van der Waals surface area contributed by atoms with E-state index in [0.717, 1.165) is 5.56 Å². The Morgan fingerprint density at radius 1 is 1.30 bits per heavy atom. The Morgan fingerprint density at radius 2 is 2.00 bits per heavy atom. The van der Waals surface area contributed by atoms with Gasteiger partial charge in [-0.25, -0.2) is 4.79 Å². The second kappa shape index (κ2) is 6.06. The SMILES string of the molecule is COC(=O)c1c(-c2ccccc2)noc1/C=C/N(C)C. The number of hydrogen-bond donors (Lipinski definition) is 0. The average Bonchev–Trinajstić information content (AvgIpc) is 2.89. The molecule has 0 radical (unpaired) electrons. The fourth-order valence-electron chi connectivity index (χ4n) is 1.73. The lowest BCUT2D eigenvalue weighted by atomic mass is 10.1. The molecule has 0 spiro atoms. The molecule has 1 aromatic heterocycles. The van der Waals surface area contributed by atoms with Gasteiger partial charge in [0.25, 0.3) is 0 Å². The van der Waals surface area contributed by atoms with E-state index in [9.17, 15) is 4.79 Å². The molecule has 20 heavy (non-hydrogen) atoms. The smallest absolute Gasteiger partial charge is 0.344 e. The molecule has 0 atom stereocenters. The third-order valence-electron chi connectivity index (χ3n) is 2.68. The number of hydrogen-bond acceptors (Lipinski definition) is 5. The summed E-state index contributed by atoms with van der Waals surface area (Å²) in [6.45, 7) is 0. The fraction of sp³-hybridized carbons (Fsp3) is 0.200. The van der Waals surface area contributed by atoms with E-state index in [4.69, 9.17) is 9.26 Å². The van der Waals surface area contributed by atoms with Crippen LogP contribution < -0.4 is 0 Å². The Hall–Kier alpha value is -2.56. The van der Waals surface area contributed by atoms with Crippen LogP contribution in [0, 0.1) is 0 Å². The van der Waals surface area contributed by atoms with Crippen molar-refractivity contribution >= 4 is 12.0 Å². The number of carbonyl (C=O) groups excluding carboxylic acids is 1. The van der Waals surface area contributed by atoms with Crippen molar-refractivity contribution in [3.05, 3.63) is 47.9 Å². The van der Waals surface area contributed by atoms with E-state index >= 15 is 0 Å². The van der Waals surface area contributed by atoms with Crippen molar-refractivity contribution < 1.29 is 14.1 Å². The number of esters is 1. The summed E-state index contributed by atoms with van der Waals surface area (Å²) < 4.78 is 10.1. The topological polar surface area (TPSA) is 55.6 Å². The van der Waals surface area contributed by atoms with Crippen LogP contribution in [-0.4, -0.2) is 37.2 Å². The highest BCUT2D eigenvalue weighted by atomic mass is 16.5. The van der Waals surface area contributed by atoms with Gasteiger partial charge < -0.3 is 14.2 Å². The number of ether oxygens (including phenoxy) is 1. The second-order valence-electron chi connectivity index (χ2n) is 4.41. The second-order valence-corrected chi connectivity index (χ2v) is 4.41. The van der Waals surface area contributed by atoms with Crippen LogP contribution in [0.4, 0.5) is 0 Å². The summed E-state index contributed by atoms with van der Waals surface area (Å²) in [6, 6.07) is 9.38. The summed E-state index contributed by atoms with van der Waals surface area (Å²) in [4.78, 5) is 13.8. The van der Waals surface area contributed by atoms with Crippen LogP contribution in [0.25, 0.3) is 17.3 Å². The molecule has 0 aliphatic carbocycles. The first-order valence-corrected chi connectivity index (χ1v) is 6.11. The van der Waals surface area contributed by atoms with Gasteiger partial charge in [0.1, 0.15) is 11.3 Å². The first-order valence-electron chi connectivity index (χ1n) is 6.11. The van der Waals surface area contributed by atoms with Gasteiger partial charge in [0.2, 0.25) is 0 Å². The molecule has 0 aliphatic rings. The van der Waals surface area contributed by atoms with E-state index in [-0.39, 0.29) is 0 Å². The lowest BCUT2D eigenvalue weighted by molar-refractivity contribution is 0.0600. The highest BCUT2D eigenvalue weighted by molar-refractivity contribution is 5.98. The summed E-state index contributed by atoms with van der Waals surface area (Å²) in [5.74, 6) is -0.0899. The van der Waals surface area contributed by atoms with E-state index in [0.29, 0.717) is 17.0 Å². The van der Waals surface area contributed by atoms with E-state index in [1.165, 1.54) is 7.11 Å². The molecule has 0 bridgehead atoms. The molecule has 0 saturated carbocycles. The molecule has 0 fully saturated rings. The number of aromatic nitrogens is 1. The van der Waals surface area contributed by atoms with E-state index in [1.807, 2.05) is 49.3 Å². The van der Waals surface area contributed by atoms with Crippen molar-refractivity contribution in [2.45, 2.75) is 0 Å². The lowest BCUT2D eigenvalue weighted by Gasteiger charge is -2.03. The largest absolute Gasteiger partial charge is 0.465 e. The quantitative estimate of drug-likeness (QED) is 0.801. The van der Waals surface area contributed by atoms with Crippen LogP contribution in [0.3, 0.4) is 0 Å². The molecule has 2 aromatic rings. The van der Waals surface area contributed by atoms with Gasteiger partial charge >= 0.3 is 5.97 Å². The molecule has 1 heterocycles. The Morgan fingerprint density at radius 3 is 2.60 bits per heavy atom. The van der Waals surface area contributed by atoms with Gasteiger partial charge in [-0.2, -0.15) is 0 Å². The van der Waals surface area contributed by atoms with Crippen LogP contribution in [-0.2, 0) is 4.74 Å². The van der Waals surface area contributed by atoms with Crippen molar-refractivity contribution in [3.8, 4) is 11.3 Å². The first kappa shape index (κ1) is 13.9. The average molecular weight is 272 g/mol. The van der Waals surface area contributed by atoms with Crippen LogP contribution >= 0.6 is 0 Å². The van der Waals surface area contributed by atoms with Gasteiger partial charge in [-0.1, -0.05) is 35.5 Å². The zero-order chi connectivity index (χ0) is 14.5. The molecule has 1 aromatic carbocycles. The fourth-order valence-corrected chi connectivity index (χ4v) is 1.73. The van der Waals surface area contributed by atoms with E-state index in [2.05, 4.69) is 5.16 Å². The van der Waals surface area contributed by atoms with Gasteiger partial charge in [-0.3, -0.25) is 0 Å². The molecule has 0 saturated heterocycles. The van der Waals surface area contributed by atoms with Crippen LogP contribution in [0.1, 0.15) is 16.1 Å². The van der Waals surface area contributed by atoms with Crippen molar-refractivity contribution in [2.75, 3.05) is 21.2 Å². The van der Waals surface area contributed by atoms with Crippen molar-refractivity contribution in [3.63, 3.8) is 0 Å². The van der Waals surface area contributed by atoms with Gasteiger partial charge in [-0.05, 0) is 0 Å². The Balaban J connectivity index is 2.51. The molecule has 2 rings (SSSR count). The number of nitrogens with zero attached hydrogens (tertiary/aromatic N) is 2. The highest BCUT2D eigenvalue weighted by Gasteiger charge is 2.23. The lowest BCUT2D eigenvalue weighted by Crippen LogP contribution is -2.04. The minimum atomic E-state index is -0.469. The maximum atomic E-state index is 12.0. The van der Waals surface area contributed by atoms with Gasteiger partial charge in [0.05, 0.1) is 7.11 Å². The molecule has 0 amide bonds. The monoisotopic (exact) mass is 272 g/mol. The highest BCUT2D eigenvalue weighted by Crippen LogP contribution is 2.26. The number of methoxy groups -OCH3 is 1. The van der Waals surface area contributed by atoms with Gasteiger partial charge in [0, 0.05) is 31.9 Å². The zero-order valence-electron chi connectivity index (χ0n) is 11.7. The molecular formula is C15H16N2O3. The standard InChI is InChI=1S/C15H16N2O3/c1-17(2)10-9-12-13(15(18)19-3)14(16-20-12)11-7-5-4-6-8-11/h4-10H,1-3H3/b10-9+.